The van der Waals surface area contributed by atoms with E-state index in [9.17, 15) is 9.59 Å². The minimum Gasteiger partial charge on any atom is -0.497 e. The van der Waals surface area contributed by atoms with Gasteiger partial charge in [-0.3, -0.25) is 4.79 Å². The van der Waals surface area contributed by atoms with Gasteiger partial charge in [-0.2, -0.15) is 0 Å². The van der Waals surface area contributed by atoms with Crippen molar-refractivity contribution in [2.75, 3.05) is 13.7 Å². The fraction of sp³-hybridized carbons (Fsp3) is 0.357. The van der Waals surface area contributed by atoms with Crippen LogP contribution in [-0.4, -0.2) is 25.5 Å². The number of nitrogens with one attached hydrogen (secondary N) is 1. The zero-order chi connectivity index (χ0) is 24.4. The van der Waals surface area contributed by atoms with Gasteiger partial charge in [0.1, 0.15) is 5.75 Å². The quantitative estimate of drug-likeness (QED) is 0.522. The highest BCUT2D eigenvalue weighted by atomic mass is 35.5. The summed E-state index contributed by atoms with van der Waals surface area (Å²) in [5.74, 6) is 0.145. The first-order chi connectivity index (χ1) is 16.3. The monoisotopic (exact) mass is 479 g/mol. The van der Waals surface area contributed by atoms with Crippen LogP contribution in [0.1, 0.15) is 56.6 Å². The van der Waals surface area contributed by atoms with E-state index in [1.54, 1.807) is 7.11 Å². The molecule has 0 amide bonds. The van der Waals surface area contributed by atoms with E-state index in [-0.39, 0.29) is 17.6 Å². The molecule has 0 aromatic heterocycles. The van der Waals surface area contributed by atoms with Gasteiger partial charge in [-0.05, 0) is 60.6 Å². The number of allylic oxidation sites excluding steroid dienone is 3. The minimum absolute atomic E-state index is 0.0381. The standard InChI is InChI=1S/C28H30ClNO4/c1-16(2)15-34-28(32)25-17(3)30-23-13-20(18-5-9-21(29)10-6-18)14-24(31)27(23)26(25)19-7-11-22(33-4)12-8-19/h5-12,16,20,26,30H,13-15H2,1-4H3/t20-,26-/m0/s1. The Labute approximate surface area is 205 Å². The summed E-state index contributed by atoms with van der Waals surface area (Å²) >= 11 is 6.06. The van der Waals surface area contributed by atoms with Gasteiger partial charge in [0, 0.05) is 34.3 Å². The van der Waals surface area contributed by atoms with Crippen molar-refractivity contribution in [3.05, 3.63) is 87.2 Å². The van der Waals surface area contributed by atoms with Gasteiger partial charge < -0.3 is 14.8 Å². The van der Waals surface area contributed by atoms with Gasteiger partial charge in [-0.15, -0.1) is 0 Å². The number of carbonyl (C=O) groups is 2. The van der Waals surface area contributed by atoms with Crippen LogP contribution in [0.5, 0.6) is 5.75 Å². The molecule has 1 aliphatic carbocycles. The molecule has 0 unspecified atom stereocenters. The third-order valence-electron chi connectivity index (χ3n) is 6.39. The molecule has 178 valence electrons. The summed E-state index contributed by atoms with van der Waals surface area (Å²) in [6, 6.07) is 15.2. The third kappa shape index (κ3) is 4.90. The van der Waals surface area contributed by atoms with E-state index in [1.165, 1.54) is 0 Å². The van der Waals surface area contributed by atoms with Gasteiger partial charge in [-0.1, -0.05) is 49.7 Å². The molecule has 2 atom stereocenters. The fourth-order valence-electron chi connectivity index (χ4n) is 4.73. The van der Waals surface area contributed by atoms with Crippen molar-refractivity contribution >= 4 is 23.4 Å². The zero-order valence-electron chi connectivity index (χ0n) is 20.0. The summed E-state index contributed by atoms with van der Waals surface area (Å²) in [5, 5.41) is 4.06. The van der Waals surface area contributed by atoms with Gasteiger partial charge in [0.05, 0.1) is 19.3 Å². The second-order valence-electron chi connectivity index (χ2n) is 9.33. The number of Topliss-reactive ketones (excluding diaryl/α,β-unsaturated/α-hetero) is 1. The highest BCUT2D eigenvalue weighted by Gasteiger charge is 2.41. The number of ketones is 1. The number of ether oxygens (including phenoxy) is 2. The van der Waals surface area contributed by atoms with Crippen molar-refractivity contribution < 1.29 is 19.1 Å². The molecule has 2 aromatic rings. The van der Waals surface area contributed by atoms with Crippen LogP contribution in [-0.2, 0) is 14.3 Å². The van der Waals surface area contributed by atoms with Crippen molar-refractivity contribution in [1.82, 2.24) is 5.32 Å². The Morgan fingerprint density at radius 2 is 1.71 bits per heavy atom. The predicted octanol–water partition coefficient (Wildman–Crippen LogP) is 5.91. The predicted molar refractivity (Wildman–Crippen MR) is 133 cm³/mol. The van der Waals surface area contributed by atoms with Gasteiger partial charge in [-0.25, -0.2) is 4.79 Å². The van der Waals surface area contributed by atoms with Crippen LogP contribution in [0, 0.1) is 5.92 Å². The Kier molecular flexibility index (Phi) is 7.13. The first-order valence-electron chi connectivity index (χ1n) is 11.6. The van der Waals surface area contributed by atoms with Crippen molar-refractivity contribution in [3.8, 4) is 5.75 Å². The number of dihydropyridines is 1. The molecule has 0 spiro atoms. The van der Waals surface area contributed by atoms with Crippen LogP contribution in [0.3, 0.4) is 0 Å². The number of hydrogen-bond donors (Lipinski definition) is 1. The van der Waals surface area contributed by atoms with E-state index >= 15 is 0 Å². The zero-order valence-corrected chi connectivity index (χ0v) is 20.7. The Balaban J connectivity index is 1.75. The van der Waals surface area contributed by atoms with E-state index in [1.807, 2.05) is 69.3 Å². The van der Waals surface area contributed by atoms with Crippen molar-refractivity contribution in [2.45, 2.75) is 45.4 Å². The molecule has 1 aliphatic heterocycles. The molecule has 0 saturated heterocycles. The number of methoxy groups -OCH3 is 1. The van der Waals surface area contributed by atoms with E-state index in [0.29, 0.717) is 41.4 Å². The largest absolute Gasteiger partial charge is 0.497 e. The number of carbonyl (C=O) groups excluding carboxylic acids is 2. The summed E-state index contributed by atoms with van der Waals surface area (Å²) in [6.07, 6.45) is 1.06. The Hall–Kier alpha value is -3.05. The number of hydrogen-bond acceptors (Lipinski definition) is 5. The molecule has 5 nitrogen and oxygen atoms in total. The molecule has 2 aromatic carbocycles. The normalized spacial score (nSPS) is 20.2. The lowest BCUT2D eigenvalue weighted by molar-refractivity contribution is -0.140. The highest BCUT2D eigenvalue weighted by molar-refractivity contribution is 6.30. The van der Waals surface area contributed by atoms with Crippen LogP contribution < -0.4 is 10.1 Å². The van der Waals surface area contributed by atoms with Gasteiger partial charge in [0.25, 0.3) is 0 Å². The summed E-state index contributed by atoms with van der Waals surface area (Å²) in [4.78, 5) is 26.8. The summed E-state index contributed by atoms with van der Waals surface area (Å²) in [5.41, 5.74) is 4.67. The molecular formula is C28H30ClNO4. The molecule has 0 fully saturated rings. The Bertz CT molecular complexity index is 1150. The lowest BCUT2D eigenvalue weighted by Gasteiger charge is -2.36. The number of benzene rings is 2. The van der Waals surface area contributed by atoms with Crippen LogP contribution in [0.15, 0.2) is 71.1 Å². The number of rotatable bonds is 6. The molecule has 2 aliphatic rings. The van der Waals surface area contributed by atoms with Crippen LogP contribution in [0.4, 0.5) is 0 Å². The number of halogens is 1. The fourth-order valence-corrected chi connectivity index (χ4v) is 4.86. The Morgan fingerprint density at radius 3 is 2.32 bits per heavy atom. The lowest BCUT2D eigenvalue weighted by Crippen LogP contribution is -2.36. The summed E-state index contributed by atoms with van der Waals surface area (Å²) in [6.45, 7) is 6.19. The van der Waals surface area contributed by atoms with Crippen molar-refractivity contribution in [3.63, 3.8) is 0 Å². The molecule has 0 radical (unpaired) electrons. The van der Waals surface area contributed by atoms with Gasteiger partial charge in [0.2, 0.25) is 0 Å². The maximum atomic E-state index is 13.6. The molecule has 0 saturated carbocycles. The lowest BCUT2D eigenvalue weighted by atomic mass is 9.71. The molecule has 4 rings (SSSR count). The summed E-state index contributed by atoms with van der Waals surface area (Å²) < 4.78 is 10.9. The SMILES string of the molecule is COc1ccc([C@H]2C(C(=O)OCC(C)C)=C(C)NC3=C2C(=O)C[C@@H](c2ccc(Cl)cc2)C3)cc1. The smallest absolute Gasteiger partial charge is 0.336 e. The van der Waals surface area contributed by atoms with Crippen LogP contribution in [0.2, 0.25) is 5.02 Å². The van der Waals surface area contributed by atoms with Crippen LogP contribution >= 0.6 is 11.6 Å². The average Bonchev–Trinajstić information content (AvgIpc) is 2.82. The average molecular weight is 480 g/mol. The van der Waals surface area contributed by atoms with E-state index < -0.39 is 11.9 Å². The third-order valence-corrected chi connectivity index (χ3v) is 6.64. The van der Waals surface area contributed by atoms with E-state index in [2.05, 4.69) is 5.32 Å². The first-order valence-corrected chi connectivity index (χ1v) is 12.0. The molecule has 0 bridgehead atoms. The number of esters is 1. The maximum Gasteiger partial charge on any atom is 0.336 e. The second kappa shape index (κ2) is 10.1. The van der Waals surface area contributed by atoms with Crippen LogP contribution in [0.25, 0.3) is 0 Å². The molecule has 6 heteroatoms. The Morgan fingerprint density at radius 1 is 1.06 bits per heavy atom. The van der Waals surface area contributed by atoms with Gasteiger partial charge in [0.15, 0.2) is 5.78 Å². The van der Waals surface area contributed by atoms with E-state index in [0.717, 1.165) is 22.5 Å². The first kappa shape index (κ1) is 24.1. The highest BCUT2D eigenvalue weighted by Crippen LogP contribution is 2.46. The summed E-state index contributed by atoms with van der Waals surface area (Å²) in [7, 11) is 1.61. The second-order valence-corrected chi connectivity index (χ2v) is 9.77. The topological polar surface area (TPSA) is 64.6 Å². The van der Waals surface area contributed by atoms with Gasteiger partial charge >= 0.3 is 5.97 Å². The van der Waals surface area contributed by atoms with E-state index in [4.69, 9.17) is 21.1 Å². The minimum atomic E-state index is -0.486. The molecule has 1 heterocycles. The molecular weight excluding hydrogens is 450 g/mol. The molecule has 1 N–H and O–H groups in total. The molecule has 34 heavy (non-hydrogen) atoms. The maximum absolute atomic E-state index is 13.6. The van der Waals surface area contributed by atoms with Crippen molar-refractivity contribution in [2.24, 2.45) is 5.92 Å². The van der Waals surface area contributed by atoms with Crippen molar-refractivity contribution in [1.29, 1.82) is 0 Å².